The molecule has 1 aromatic rings. The first-order valence-electron chi connectivity index (χ1n) is 5.59. The van der Waals surface area contributed by atoms with Gasteiger partial charge in [-0.05, 0) is 27.7 Å². The van der Waals surface area contributed by atoms with Gasteiger partial charge in [-0.2, -0.15) is 5.10 Å². The number of hydrogen-bond acceptors (Lipinski definition) is 5. The van der Waals surface area contributed by atoms with E-state index in [1.54, 1.807) is 24.1 Å². The standard InChI is InChI=1S/C11H16N4O3/c1-8-9(15(16)17)7-14(13-8)10(2,3)11(4)12-5-6-18-11/h5-7,12H,1-4H3. The van der Waals surface area contributed by atoms with Crippen molar-refractivity contribution in [3.05, 3.63) is 34.5 Å². The Morgan fingerprint density at radius 1 is 1.61 bits per heavy atom. The van der Waals surface area contributed by atoms with Crippen molar-refractivity contribution in [1.29, 1.82) is 0 Å². The molecule has 1 unspecified atom stereocenters. The van der Waals surface area contributed by atoms with Gasteiger partial charge in [0, 0.05) is 6.20 Å². The summed E-state index contributed by atoms with van der Waals surface area (Å²) >= 11 is 0. The zero-order chi connectivity index (χ0) is 13.6. The fourth-order valence-corrected chi connectivity index (χ4v) is 1.85. The maximum Gasteiger partial charge on any atom is 0.309 e. The molecule has 0 aliphatic carbocycles. The first kappa shape index (κ1) is 12.4. The van der Waals surface area contributed by atoms with Gasteiger partial charge in [-0.15, -0.1) is 0 Å². The Morgan fingerprint density at radius 3 is 2.72 bits per heavy atom. The number of nitrogens with zero attached hydrogens (tertiary/aromatic N) is 3. The average molecular weight is 252 g/mol. The van der Waals surface area contributed by atoms with Gasteiger partial charge in [-0.1, -0.05) is 0 Å². The van der Waals surface area contributed by atoms with Crippen molar-refractivity contribution in [1.82, 2.24) is 15.1 Å². The highest BCUT2D eigenvalue weighted by Gasteiger charge is 2.47. The minimum absolute atomic E-state index is 0.0117. The summed E-state index contributed by atoms with van der Waals surface area (Å²) in [5.74, 6) is 0. The van der Waals surface area contributed by atoms with Crippen LogP contribution < -0.4 is 5.32 Å². The van der Waals surface area contributed by atoms with Gasteiger partial charge in [0.2, 0.25) is 5.72 Å². The Labute approximate surface area is 105 Å². The third kappa shape index (κ3) is 1.62. The Kier molecular flexibility index (Phi) is 2.57. The molecule has 18 heavy (non-hydrogen) atoms. The molecule has 7 nitrogen and oxygen atoms in total. The maximum absolute atomic E-state index is 10.9. The van der Waals surface area contributed by atoms with Crippen LogP contribution in [-0.4, -0.2) is 20.4 Å². The molecule has 0 fully saturated rings. The fourth-order valence-electron chi connectivity index (χ4n) is 1.85. The number of hydrogen-bond donors (Lipinski definition) is 1. The van der Waals surface area contributed by atoms with Crippen molar-refractivity contribution < 1.29 is 9.66 Å². The quantitative estimate of drug-likeness (QED) is 0.653. The van der Waals surface area contributed by atoms with Crippen LogP contribution in [0.5, 0.6) is 0 Å². The van der Waals surface area contributed by atoms with Crippen molar-refractivity contribution in [2.45, 2.75) is 39.0 Å². The first-order chi connectivity index (χ1) is 8.28. The van der Waals surface area contributed by atoms with Crippen LogP contribution in [0.15, 0.2) is 18.7 Å². The van der Waals surface area contributed by atoms with Crippen molar-refractivity contribution in [2.24, 2.45) is 0 Å². The lowest BCUT2D eigenvalue weighted by molar-refractivity contribution is -0.385. The highest BCUT2D eigenvalue weighted by molar-refractivity contribution is 5.32. The van der Waals surface area contributed by atoms with E-state index in [1.165, 1.54) is 6.20 Å². The van der Waals surface area contributed by atoms with Crippen molar-refractivity contribution in [2.75, 3.05) is 0 Å². The predicted octanol–water partition coefficient (Wildman–Crippen LogP) is 1.64. The number of aryl methyl sites for hydroxylation is 1. The molecule has 1 N–H and O–H groups in total. The van der Waals surface area contributed by atoms with E-state index in [-0.39, 0.29) is 5.69 Å². The molecular weight excluding hydrogens is 236 g/mol. The van der Waals surface area contributed by atoms with E-state index in [0.717, 1.165) is 0 Å². The summed E-state index contributed by atoms with van der Waals surface area (Å²) in [6.07, 6.45) is 4.70. The molecule has 98 valence electrons. The van der Waals surface area contributed by atoms with Gasteiger partial charge in [0.25, 0.3) is 0 Å². The van der Waals surface area contributed by atoms with E-state index < -0.39 is 16.2 Å². The van der Waals surface area contributed by atoms with Gasteiger partial charge in [0.15, 0.2) is 0 Å². The second-order valence-electron chi connectivity index (χ2n) is 4.96. The van der Waals surface area contributed by atoms with Crippen LogP contribution in [0, 0.1) is 17.0 Å². The number of nitrogens with one attached hydrogen (secondary N) is 1. The number of aromatic nitrogens is 2. The van der Waals surface area contributed by atoms with E-state index in [1.807, 2.05) is 20.8 Å². The summed E-state index contributed by atoms with van der Waals surface area (Å²) in [6, 6.07) is 0. The van der Waals surface area contributed by atoms with Gasteiger partial charge in [0.1, 0.15) is 23.7 Å². The number of nitro groups is 1. The Morgan fingerprint density at radius 2 is 2.28 bits per heavy atom. The summed E-state index contributed by atoms with van der Waals surface area (Å²) < 4.78 is 7.12. The maximum atomic E-state index is 10.9. The van der Waals surface area contributed by atoms with Crippen molar-refractivity contribution in [3.8, 4) is 0 Å². The smallest absolute Gasteiger partial charge is 0.309 e. The van der Waals surface area contributed by atoms with Crippen LogP contribution in [0.25, 0.3) is 0 Å². The third-order valence-corrected chi connectivity index (χ3v) is 3.54. The monoisotopic (exact) mass is 252 g/mol. The summed E-state index contributed by atoms with van der Waals surface area (Å²) in [7, 11) is 0. The van der Waals surface area contributed by atoms with E-state index in [4.69, 9.17) is 4.74 Å². The van der Waals surface area contributed by atoms with Crippen LogP contribution >= 0.6 is 0 Å². The van der Waals surface area contributed by atoms with Gasteiger partial charge in [-0.3, -0.25) is 14.8 Å². The molecule has 0 saturated carbocycles. The average Bonchev–Trinajstić information content (AvgIpc) is 2.85. The van der Waals surface area contributed by atoms with Gasteiger partial charge < -0.3 is 10.1 Å². The Bertz CT molecular complexity index is 510. The highest BCUT2D eigenvalue weighted by atomic mass is 16.6. The second kappa shape index (κ2) is 3.72. The molecule has 2 heterocycles. The van der Waals surface area contributed by atoms with Crippen LogP contribution in [0.3, 0.4) is 0 Å². The van der Waals surface area contributed by atoms with Crippen LogP contribution in [0.1, 0.15) is 26.5 Å². The van der Waals surface area contributed by atoms with Gasteiger partial charge >= 0.3 is 5.69 Å². The molecule has 1 aromatic heterocycles. The molecule has 1 aliphatic heterocycles. The topological polar surface area (TPSA) is 82.2 Å². The van der Waals surface area contributed by atoms with Gasteiger partial charge in [0.05, 0.1) is 4.92 Å². The summed E-state index contributed by atoms with van der Waals surface area (Å²) in [4.78, 5) is 10.4. The molecule has 2 rings (SSSR count). The summed E-state index contributed by atoms with van der Waals surface area (Å²) in [5, 5.41) is 18.2. The lowest BCUT2D eigenvalue weighted by Gasteiger charge is -2.40. The molecule has 0 aromatic carbocycles. The molecular formula is C11H16N4O3. The Hall–Kier alpha value is -2.05. The fraction of sp³-hybridized carbons (Fsp3) is 0.545. The number of rotatable bonds is 3. The zero-order valence-corrected chi connectivity index (χ0v) is 10.8. The van der Waals surface area contributed by atoms with Crippen molar-refractivity contribution >= 4 is 5.69 Å². The largest absolute Gasteiger partial charge is 0.472 e. The van der Waals surface area contributed by atoms with Gasteiger partial charge in [-0.25, -0.2) is 0 Å². The van der Waals surface area contributed by atoms with E-state index >= 15 is 0 Å². The molecule has 1 atom stereocenters. The molecule has 0 radical (unpaired) electrons. The molecule has 0 saturated heterocycles. The van der Waals surface area contributed by atoms with Crippen LogP contribution in [-0.2, 0) is 10.3 Å². The lowest BCUT2D eigenvalue weighted by Crippen LogP contribution is -2.56. The summed E-state index contributed by atoms with van der Waals surface area (Å²) in [6.45, 7) is 7.30. The molecule has 1 aliphatic rings. The van der Waals surface area contributed by atoms with Crippen LogP contribution in [0.4, 0.5) is 5.69 Å². The summed E-state index contributed by atoms with van der Waals surface area (Å²) in [5.41, 5.74) is -0.880. The predicted molar refractivity (Wildman–Crippen MR) is 64.7 cm³/mol. The minimum Gasteiger partial charge on any atom is -0.472 e. The van der Waals surface area contributed by atoms with Crippen LogP contribution in [0.2, 0.25) is 0 Å². The highest BCUT2D eigenvalue weighted by Crippen LogP contribution is 2.34. The first-order valence-corrected chi connectivity index (χ1v) is 5.59. The SMILES string of the molecule is Cc1nn(C(C)(C)C2(C)NC=CO2)cc1[N+](=O)[O-]. The Balaban J connectivity index is 2.41. The second-order valence-corrected chi connectivity index (χ2v) is 4.96. The lowest BCUT2D eigenvalue weighted by atomic mass is 9.92. The van der Waals surface area contributed by atoms with E-state index in [0.29, 0.717) is 5.69 Å². The molecule has 0 amide bonds. The zero-order valence-electron chi connectivity index (χ0n) is 10.8. The minimum atomic E-state index is -0.695. The number of ether oxygens (including phenoxy) is 1. The third-order valence-electron chi connectivity index (χ3n) is 3.54. The normalized spacial score (nSPS) is 22.7. The van der Waals surface area contributed by atoms with E-state index in [2.05, 4.69) is 10.4 Å². The molecule has 0 spiro atoms. The van der Waals surface area contributed by atoms with Crippen molar-refractivity contribution in [3.63, 3.8) is 0 Å². The molecule has 7 heteroatoms. The molecule has 0 bridgehead atoms. The van der Waals surface area contributed by atoms with E-state index in [9.17, 15) is 10.1 Å².